The van der Waals surface area contributed by atoms with Crippen LogP contribution in [0.3, 0.4) is 0 Å². The van der Waals surface area contributed by atoms with Crippen molar-refractivity contribution in [2.75, 3.05) is 27.1 Å². The molecule has 0 spiro atoms. The fraction of sp³-hybridized carbons (Fsp3) is 0.500. The van der Waals surface area contributed by atoms with E-state index in [1.807, 2.05) is 0 Å². The van der Waals surface area contributed by atoms with Gasteiger partial charge in [0.2, 0.25) is 10.0 Å². The maximum Gasteiger partial charge on any atom is 0.240 e. The Morgan fingerprint density at radius 2 is 1.53 bits per heavy atom. The van der Waals surface area contributed by atoms with Crippen molar-refractivity contribution >= 4 is 24.0 Å². The van der Waals surface area contributed by atoms with Gasteiger partial charge in [-0.05, 0) is 42.8 Å². The Balaban J connectivity index is 2.34. The second-order valence-corrected chi connectivity index (χ2v) is 16.3. The number of ether oxygens (including phenoxy) is 3. The summed E-state index contributed by atoms with van der Waals surface area (Å²) < 4.78 is 51.5. The fourth-order valence-corrected chi connectivity index (χ4v) is 5.17. The zero-order valence-electron chi connectivity index (χ0n) is 21.7. The van der Waals surface area contributed by atoms with Gasteiger partial charge in [0.25, 0.3) is 0 Å². The van der Waals surface area contributed by atoms with Gasteiger partial charge < -0.3 is 24.4 Å². The molecule has 0 heterocycles. The van der Waals surface area contributed by atoms with Crippen LogP contribution in [-0.2, 0) is 27.6 Å². The lowest BCUT2D eigenvalue weighted by Crippen LogP contribution is -2.40. The Labute approximate surface area is 204 Å². The third kappa shape index (κ3) is 6.23. The summed E-state index contributed by atoms with van der Waals surface area (Å²) in [5.74, 6) is 1.45. The lowest BCUT2D eigenvalue weighted by Gasteiger charge is -2.36. The number of nitrogens with two attached hydrogens (primary N) is 1. The number of hydrogen-bond acceptors (Lipinski definition) is 7. The van der Waals surface area contributed by atoms with E-state index >= 15 is 0 Å². The maximum absolute atomic E-state index is 13.2. The van der Waals surface area contributed by atoms with Crippen LogP contribution >= 0.6 is 0 Å². The fourth-order valence-electron chi connectivity index (χ4n) is 3.09. The summed E-state index contributed by atoms with van der Waals surface area (Å²) in [4.78, 5) is 0.125. The van der Waals surface area contributed by atoms with Crippen molar-refractivity contribution in [3.63, 3.8) is 0 Å². The molecule has 0 fully saturated rings. The van der Waals surface area contributed by atoms with Crippen LogP contribution in [0.4, 0.5) is 5.69 Å². The molecule has 0 aromatic heterocycles. The number of nitrogen functional groups attached to an aromatic ring is 1. The van der Waals surface area contributed by atoms with Gasteiger partial charge in [-0.25, -0.2) is 13.1 Å². The lowest BCUT2D eigenvalue weighted by molar-refractivity contribution is 0.276. The van der Waals surface area contributed by atoms with Gasteiger partial charge >= 0.3 is 0 Å². The zero-order chi connectivity index (χ0) is 25.9. The summed E-state index contributed by atoms with van der Waals surface area (Å²) >= 11 is 0. The number of hydrogen-bond donors (Lipinski definition) is 2. The van der Waals surface area contributed by atoms with Crippen LogP contribution in [0.2, 0.25) is 18.1 Å². The second kappa shape index (κ2) is 10.6. The van der Waals surface area contributed by atoms with Crippen molar-refractivity contribution in [3.05, 3.63) is 41.0 Å². The minimum Gasteiger partial charge on any atom is -0.496 e. The molecule has 3 N–H and O–H groups in total. The zero-order valence-corrected chi connectivity index (χ0v) is 23.5. The highest BCUT2D eigenvalue weighted by atomic mass is 32.2. The number of aryl methyl sites for hydroxylation is 1. The molecule has 0 saturated carbocycles. The first-order valence-corrected chi connectivity index (χ1v) is 15.4. The van der Waals surface area contributed by atoms with E-state index in [0.29, 0.717) is 39.6 Å². The van der Waals surface area contributed by atoms with Gasteiger partial charge in [0.05, 0.1) is 38.4 Å². The topological polar surface area (TPSA) is 109 Å². The van der Waals surface area contributed by atoms with Gasteiger partial charge in [0, 0.05) is 29.9 Å². The van der Waals surface area contributed by atoms with Crippen LogP contribution < -0.4 is 24.7 Å². The SMILES string of the molecule is COc1cc(OC)c(CNS(=O)(=O)c2cc(C)c(N)c(CO[Si](C)(C)C(C)(C)C)c2)c(OC)c1. The number of benzene rings is 2. The van der Waals surface area contributed by atoms with Crippen molar-refractivity contribution in [3.8, 4) is 17.2 Å². The first-order chi connectivity index (χ1) is 15.7. The normalized spacial score (nSPS) is 12.5. The summed E-state index contributed by atoms with van der Waals surface area (Å²) in [6, 6.07) is 6.50. The maximum atomic E-state index is 13.2. The van der Waals surface area contributed by atoms with Gasteiger partial charge in [-0.3, -0.25) is 0 Å². The third-order valence-corrected chi connectivity index (χ3v) is 12.3. The number of methoxy groups -OCH3 is 3. The van der Waals surface area contributed by atoms with E-state index in [1.54, 1.807) is 31.2 Å². The van der Waals surface area contributed by atoms with Crippen molar-refractivity contribution in [2.45, 2.75) is 63.9 Å². The van der Waals surface area contributed by atoms with Crippen LogP contribution in [0.1, 0.15) is 37.5 Å². The average molecular weight is 511 g/mol. The van der Waals surface area contributed by atoms with E-state index in [2.05, 4.69) is 38.6 Å². The monoisotopic (exact) mass is 510 g/mol. The van der Waals surface area contributed by atoms with Crippen LogP contribution in [0.15, 0.2) is 29.2 Å². The smallest absolute Gasteiger partial charge is 0.240 e. The Bertz CT molecular complexity index is 1100. The first kappa shape index (κ1) is 28.0. The predicted octanol–water partition coefficient (Wildman–Crippen LogP) is 4.60. The molecule has 0 bridgehead atoms. The molecular formula is C24H38N2O6SSi. The van der Waals surface area contributed by atoms with E-state index < -0.39 is 18.3 Å². The standard InChI is InChI=1S/C24H38N2O6SSi/c1-16-10-19(11-17(23(16)25)15-32-34(8,9)24(2,3)4)33(27,28)26-14-20-21(30-6)12-18(29-5)13-22(20)31-7/h10-13,26H,14-15,25H2,1-9H3. The van der Waals surface area contributed by atoms with Gasteiger partial charge in [-0.15, -0.1) is 0 Å². The molecule has 2 aromatic carbocycles. The molecule has 8 nitrogen and oxygen atoms in total. The van der Waals surface area contributed by atoms with E-state index in [1.165, 1.54) is 21.3 Å². The molecule has 2 aromatic rings. The molecule has 0 atom stereocenters. The number of anilines is 1. The Morgan fingerprint density at radius 3 is 2.00 bits per heavy atom. The van der Waals surface area contributed by atoms with Gasteiger partial charge in [0.1, 0.15) is 17.2 Å². The molecule has 0 radical (unpaired) electrons. The number of rotatable bonds is 10. The number of sulfonamides is 1. The molecule has 34 heavy (non-hydrogen) atoms. The van der Waals surface area contributed by atoms with Crippen LogP contribution in [0.5, 0.6) is 17.2 Å². The van der Waals surface area contributed by atoms with Gasteiger partial charge in [-0.2, -0.15) is 0 Å². The molecule has 10 heteroatoms. The second-order valence-electron chi connectivity index (χ2n) is 9.70. The molecule has 0 saturated heterocycles. The van der Waals surface area contributed by atoms with Crippen LogP contribution in [0.25, 0.3) is 0 Å². The number of nitrogens with one attached hydrogen (secondary N) is 1. The van der Waals surface area contributed by atoms with E-state index in [0.717, 1.165) is 0 Å². The van der Waals surface area contributed by atoms with E-state index in [9.17, 15) is 8.42 Å². The highest BCUT2D eigenvalue weighted by Crippen LogP contribution is 2.38. The minimum absolute atomic E-state index is 0.0263. The summed E-state index contributed by atoms with van der Waals surface area (Å²) in [5, 5.41) is 0.0263. The van der Waals surface area contributed by atoms with Crippen molar-refractivity contribution in [1.82, 2.24) is 4.72 Å². The summed E-state index contributed by atoms with van der Waals surface area (Å²) in [7, 11) is -1.36. The molecule has 0 aliphatic carbocycles. The van der Waals surface area contributed by atoms with E-state index in [-0.39, 0.29) is 23.1 Å². The molecule has 0 unspecified atom stereocenters. The largest absolute Gasteiger partial charge is 0.496 e. The Morgan fingerprint density at radius 1 is 0.971 bits per heavy atom. The van der Waals surface area contributed by atoms with Crippen molar-refractivity contribution in [2.24, 2.45) is 0 Å². The van der Waals surface area contributed by atoms with Crippen LogP contribution in [-0.4, -0.2) is 38.1 Å². The Hall–Kier alpha value is -2.27. The van der Waals surface area contributed by atoms with Gasteiger partial charge in [0.15, 0.2) is 8.32 Å². The van der Waals surface area contributed by atoms with Crippen molar-refractivity contribution in [1.29, 1.82) is 0 Å². The van der Waals surface area contributed by atoms with E-state index in [4.69, 9.17) is 24.4 Å². The molecular weight excluding hydrogens is 472 g/mol. The first-order valence-electron chi connectivity index (χ1n) is 11.0. The van der Waals surface area contributed by atoms with Gasteiger partial charge in [-0.1, -0.05) is 20.8 Å². The highest BCUT2D eigenvalue weighted by Gasteiger charge is 2.37. The molecule has 0 aliphatic heterocycles. The molecule has 0 aliphatic rings. The quantitative estimate of drug-likeness (QED) is 0.355. The minimum atomic E-state index is -3.86. The highest BCUT2D eigenvalue weighted by molar-refractivity contribution is 7.89. The van der Waals surface area contributed by atoms with Crippen molar-refractivity contribution < 1.29 is 27.1 Å². The summed E-state index contributed by atoms with van der Waals surface area (Å²) in [6.45, 7) is 12.8. The molecule has 2 rings (SSSR count). The summed E-state index contributed by atoms with van der Waals surface area (Å²) in [5.41, 5.74) is 8.71. The van der Waals surface area contributed by atoms with Crippen LogP contribution in [0, 0.1) is 6.92 Å². The predicted molar refractivity (Wildman–Crippen MR) is 138 cm³/mol. The third-order valence-electron chi connectivity index (χ3n) is 6.41. The molecule has 0 amide bonds. The lowest BCUT2D eigenvalue weighted by atomic mass is 10.1. The summed E-state index contributed by atoms with van der Waals surface area (Å²) in [6.07, 6.45) is 0. The Kier molecular flexibility index (Phi) is 8.68. The average Bonchev–Trinajstić information content (AvgIpc) is 2.76. The molecule has 190 valence electrons.